The Kier molecular flexibility index (Phi) is 1.02. The van der Waals surface area contributed by atoms with E-state index in [0.717, 1.165) is 0 Å². The monoisotopic (exact) mass is 312 g/mol. The van der Waals surface area contributed by atoms with Crippen molar-refractivity contribution in [2.75, 3.05) is 0 Å². The van der Waals surface area contributed by atoms with Gasteiger partial charge in [-0.2, -0.15) is 0 Å². The molecule has 0 N–H and O–H groups in total. The highest BCUT2D eigenvalue weighted by Crippen LogP contribution is 2.54. The van der Waals surface area contributed by atoms with Crippen molar-refractivity contribution in [2.24, 2.45) is 11.8 Å². The number of benzene rings is 3. The Labute approximate surface area is 156 Å². The van der Waals surface area contributed by atoms with Gasteiger partial charge in [-0.3, -0.25) is 0 Å². The quantitative estimate of drug-likeness (QED) is 0.510. The fraction of sp³-hybridized carbons (Fsp3) is 0.391. The molecule has 0 heterocycles. The molecule has 0 nitrogen and oxygen atoms in total. The van der Waals surface area contributed by atoms with Gasteiger partial charge >= 0.3 is 0 Å². The second-order valence-corrected chi connectivity index (χ2v) is 6.11. The second kappa shape index (κ2) is 4.38. The van der Waals surface area contributed by atoms with E-state index in [4.69, 9.17) is 16.4 Å². The van der Waals surface area contributed by atoms with Crippen molar-refractivity contribution < 1.29 is 19.2 Å². The van der Waals surface area contributed by atoms with Gasteiger partial charge in [0.15, 0.2) is 0 Å². The number of hydrogen-bond donors (Lipinski definition) is 0. The van der Waals surface area contributed by atoms with E-state index in [1.165, 1.54) is 12.1 Å². The molecular formula is C23H22. The molecule has 2 bridgehead atoms. The van der Waals surface area contributed by atoms with Gasteiger partial charge in [-0.15, -0.1) is 0 Å². The fourth-order valence-electron chi connectivity index (χ4n) is 4.08. The van der Waals surface area contributed by atoms with Gasteiger partial charge in [0.25, 0.3) is 0 Å². The standard InChI is InChI=1S/C23H22/c1-7-15-13-16(8-1)22-20-12-3-6-14-5-2-10-18(21(14)20)19-11-4-9-17(15)23(19)22/h1,4,7-9,11,13-14,18,21H,2-3,5-6,10,12H2/i2D2,3D2,5D2,6D2,10D2,12D2,14D,18D. The van der Waals surface area contributed by atoms with Gasteiger partial charge in [0.2, 0.25) is 0 Å². The smallest absolute Gasteiger partial charge is 0.0359 e. The van der Waals surface area contributed by atoms with E-state index in [2.05, 4.69) is 0 Å². The molecule has 114 valence electrons. The van der Waals surface area contributed by atoms with Crippen LogP contribution in [0.4, 0.5) is 0 Å². The summed E-state index contributed by atoms with van der Waals surface area (Å²) in [6, 6.07) is 11.3. The Morgan fingerprint density at radius 3 is 2.83 bits per heavy atom. The zero-order valence-corrected chi connectivity index (χ0v) is 12.1. The first-order chi connectivity index (χ1) is 16.7. The third kappa shape index (κ3) is 1.52. The zero-order valence-electron chi connectivity index (χ0n) is 26.1. The first kappa shape index (κ1) is 5.34. The van der Waals surface area contributed by atoms with Gasteiger partial charge in [-0.1, -0.05) is 48.3 Å². The van der Waals surface area contributed by atoms with Gasteiger partial charge in [0, 0.05) is 19.2 Å². The zero-order chi connectivity index (χ0) is 27.6. The van der Waals surface area contributed by atoms with Crippen molar-refractivity contribution in [3.05, 3.63) is 53.2 Å². The van der Waals surface area contributed by atoms with Gasteiger partial charge in [0.05, 0.1) is 0 Å². The molecule has 3 atom stereocenters. The van der Waals surface area contributed by atoms with Crippen LogP contribution in [0.2, 0.25) is 0 Å². The summed E-state index contributed by atoms with van der Waals surface area (Å²) in [5.74, 6) is -8.51. The Morgan fingerprint density at radius 2 is 1.83 bits per heavy atom. The molecule has 2 fully saturated rings. The van der Waals surface area contributed by atoms with Crippen molar-refractivity contribution in [3.8, 4) is 0 Å². The molecular weight excluding hydrogens is 276 g/mol. The third-order valence-corrected chi connectivity index (χ3v) is 4.99. The summed E-state index contributed by atoms with van der Waals surface area (Å²) < 4.78 is 124. The van der Waals surface area contributed by atoms with Crippen LogP contribution in [0.25, 0.3) is 27.1 Å². The van der Waals surface area contributed by atoms with Crippen molar-refractivity contribution in [1.82, 2.24) is 0 Å². The molecule has 3 aliphatic carbocycles. The molecule has 0 aromatic heterocycles. The van der Waals surface area contributed by atoms with E-state index in [1.54, 1.807) is 30.3 Å². The number of rotatable bonds is 0. The Hall–Kier alpha value is -1.82. The van der Waals surface area contributed by atoms with Crippen LogP contribution >= 0.6 is 0 Å². The highest BCUT2D eigenvalue weighted by molar-refractivity contribution is 6.06. The first-order valence-electron chi connectivity index (χ1n) is 14.7. The molecule has 23 heavy (non-hydrogen) atoms. The molecule has 0 amide bonds. The normalized spacial score (nSPS) is 57.6. The minimum Gasteiger partial charge on any atom is -0.0613 e. The molecule has 3 aromatic rings. The Balaban J connectivity index is 2.02. The second-order valence-electron chi connectivity index (χ2n) is 6.11. The molecule has 0 radical (unpaired) electrons. The van der Waals surface area contributed by atoms with Crippen LogP contribution in [0.3, 0.4) is 0 Å². The van der Waals surface area contributed by atoms with E-state index < -0.39 is 61.5 Å². The van der Waals surface area contributed by atoms with Crippen molar-refractivity contribution in [2.45, 2.75) is 44.1 Å². The third-order valence-electron chi connectivity index (χ3n) is 4.99. The predicted molar refractivity (Wildman–Crippen MR) is 97.5 cm³/mol. The van der Waals surface area contributed by atoms with E-state index in [-0.39, 0.29) is 16.2 Å². The van der Waals surface area contributed by atoms with Crippen LogP contribution in [0.15, 0.2) is 42.5 Å². The lowest BCUT2D eigenvalue weighted by molar-refractivity contribution is 0.216. The van der Waals surface area contributed by atoms with Gasteiger partial charge in [0.1, 0.15) is 0 Å². The minimum atomic E-state index is -3.68. The summed E-state index contributed by atoms with van der Waals surface area (Å²) in [6.45, 7) is 0. The summed E-state index contributed by atoms with van der Waals surface area (Å²) in [4.78, 5) is 0. The lowest BCUT2D eigenvalue weighted by atomic mass is 9.58. The van der Waals surface area contributed by atoms with E-state index in [9.17, 15) is 2.74 Å². The molecule has 2 saturated carbocycles. The van der Waals surface area contributed by atoms with Crippen molar-refractivity contribution in [3.63, 3.8) is 0 Å². The SMILES string of the molecule is [2H]C1([2H])C2=c3c4cccc(c4)c4cccc(c34)C3([2H])C2C([2H])(C([2H])([2H])C1([2H])[2H])C([2H])([2H])C([2H])([2H])C3([2H])[2H]. The van der Waals surface area contributed by atoms with Gasteiger partial charge in [-0.25, -0.2) is 0 Å². The van der Waals surface area contributed by atoms with Crippen LogP contribution in [-0.4, -0.2) is 0 Å². The van der Waals surface area contributed by atoms with Crippen LogP contribution in [0, 0.1) is 11.8 Å². The number of fused-ring (bicyclic) bond motifs is 5. The fourth-order valence-corrected chi connectivity index (χ4v) is 4.08. The maximum Gasteiger partial charge on any atom is 0.0359 e. The molecule has 0 saturated heterocycles. The lowest BCUT2D eigenvalue weighted by Crippen LogP contribution is -2.37. The summed E-state index contributed by atoms with van der Waals surface area (Å²) in [7, 11) is 0. The molecule has 0 heteroatoms. The van der Waals surface area contributed by atoms with E-state index >= 15 is 0 Å². The molecule has 3 aliphatic rings. The predicted octanol–water partition coefficient (Wildman–Crippen LogP) is 5.56. The summed E-state index contributed by atoms with van der Waals surface area (Å²) >= 11 is 0. The summed E-state index contributed by atoms with van der Waals surface area (Å²) in [5, 5.41) is 1.85. The van der Waals surface area contributed by atoms with Crippen molar-refractivity contribution >= 4 is 27.1 Å². The van der Waals surface area contributed by atoms with Crippen LogP contribution < -0.4 is 5.22 Å². The van der Waals surface area contributed by atoms with E-state index in [0.29, 0.717) is 16.2 Å². The topological polar surface area (TPSA) is 0 Å². The minimum absolute atomic E-state index is 0.0848. The van der Waals surface area contributed by atoms with Crippen LogP contribution in [0.1, 0.15) is 68.9 Å². The molecule has 3 aromatic carbocycles. The molecule has 0 aliphatic heterocycles. The molecule has 0 spiro atoms. The first-order valence-corrected chi connectivity index (χ1v) is 7.68. The number of hydrogen-bond acceptors (Lipinski definition) is 0. The highest BCUT2D eigenvalue weighted by Gasteiger charge is 2.41. The van der Waals surface area contributed by atoms with E-state index in [1.807, 2.05) is 0 Å². The summed E-state index contributed by atoms with van der Waals surface area (Å²) in [6.07, 6.45) is -21.1. The maximum atomic E-state index is 9.64. The lowest BCUT2D eigenvalue weighted by Gasteiger charge is -2.46. The van der Waals surface area contributed by atoms with Crippen LogP contribution in [0.5, 0.6) is 0 Å². The maximum absolute atomic E-state index is 9.64. The molecule has 6 rings (SSSR count). The Morgan fingerprint density at radius 1 is 0.957 bits per heavy atom. The molecule has 3 unspecified atom stereocenters. The largest absolute Gasteiger partial charge is 0.0613 e. The van der Waals surface area contributed by atoms with Crippen LogP contribution in [-0.2, 0) is 0 Å². The van der Waals surface area contributed by atoms with Gasteiger partial charge < -0.3 is 0 Å². The average molecular weight is 313 g/mol. The van der Waals surface area contributed by atoms with Crippen molar-refractivity contribution in [1.29, 1.82) is 0 Å². The van der Waals surface area contributed by atoms with Gasteiger partial charge in [-0.05, 0) is 88.0 Å². The summed E-state index contributed by atoms with van der Waals surface area (Å²) in [5.41, 5.74) is -0.673. The highest BCUT2D eigenvalue weighted by atomic mass is 14.5. The average Bonchev–Trinajstić information content (AvgIpc) is 2.80. The Bertz CT molecular complexity index is 1580.